The molecule has 0 aliphatic heterocycles. The standard InChI is InChI=1S/C23H23ClFN3O2/c24-18-6-5-17(23(11-18)28(29)30)14-26-13-15-1-3-16(4-2-15)20-9-10-27-22-8-7-19(25)12-21(20)22/h5-12,15-16,26H,1-4,13-14H2. The van der Waals surface area contributed by atoms with Crippen molar-refractivity contribution >= 4 is 28.2 Å². The average molecular weight is 428 g/mol. The highest BCUT2D eigenvalue weighted by Gasteiger charge is 2.24. The number of nitrogens with one attached hydrogen (secondary N) is 1. The third-order valence-electron chi connectivity index (χ3n) is 6.02. The monoisotopic (exact) mass is 427 g/mol. The maximum absolute atomic E-state index is 13.7. The number of hydrogen-bond acceptors (Lipinski definition) is 4. The lowest BCUT2D eigenvalue weighted by molar-refractivity contribution is -0.385. The van der Waals surface area contributed by atoms with Crippen molar-refractivity contribution in [2.75, 3.05) is 6.54 Å². The Morgan fingerprint density at radius 1 is 1.13 bits per heavy atom. The van der Waals surface area contributed by atoms with Crippen molar-refractivity contribution in [2.24, 2.45) is 5.92 Å². The molecule has 1 heterocycles. The van der Waals surface area contributed by atoms with Gasteiger partial charge in [-0.3, -0.25) is 15.1 Å². The molecule has 0 radical (unpaired) electrons. The number of nitrogens with zero attached hydrogens (tertiary/aromatic N) is 2. The molecule has 1 aliphatic rings. The Kier molecular flexibility index (Phi) is 6.25. The largest absolute Gasteiger partial charge is 0.312 e. The topological polar surface area (TPSA) is 68.1 Å². The van der Waals surface area contributed by atoms with E-state index in [9.17, 15) is 14.5 Å². The molecule has 0 saturated heterocycles. The van der Waals surface area contributed by atoms with Gasteiger partial charge in [0.25, 0.3) is 5.69 Å². The molecule has 7 heteroatoms. The Bertz CT molecular complexity index is 1070. The summed E-state index contributed by atoms with van der Waals surface area (Å²) in [6.07, 6.45) is 6.04. The summed E-state index contributed by atoms with van der Waals surface area (Å²) in [7, 11) is 0. The van der Waals surface area contributed by atoms with Crippen LogP contribution in [-0.4, -0.2) is 16.5 Å². The highest BCUT2D eigenvalue weighted by molar-refractivity contribution is 6.30. The normalized spacial score (nSPS) is 19.1. The van der Waals surface area contributed by atoms with Crippen LogP contribution in [0.2, 0.25) is 5.02 Å². The lowest BCUT2D eigenvalue weighted by Crippen LogP contribution is -2.26. The second-order valence-electron chi connectivity index (χ2n) is 7.94. The molecule has 0 amide bonds. The van der Waals surface area contributed by atoms with Gasteiger partial charge in [0.2, 0.25) is 0 Å². The van der Waals surface area contributed by atoms with E-state index in [2.05, 4.69) is 10.3 Å². The van der Waals surface area contributed by atoms with Gasteiger partial charge in [0.15, 0.2) is 0 Å². The summed E-state index contributed by atoms with van der Waals surface area (Å²) in [4.78, 5) is 15.2. The smallest absolute Gasteiger partial charge is 0.275 e. The van der Waals surface area contributed by atoms with Gasteiger partial charge in [0, 0.05) is 34.8 Å². The number of hydrogen-bond donors (Lipinski definition) is 1. The molecule has 3 aromatic rings. The minimum atomic E-state index is -0.393. The summed E-state index contributed by atoms with van der Waals surface area (Å²) in [5.74, 6) is 0.703. The third-order valence-corrected chi connectivity index (χ3v) is 6.25. The van der Waals surface area contributed by atoms with Crippen molar-refractivity contribution in [3.8, 4) is 0 Å². The van der Waals surface area contributed by atoms with Crippen LogP contribution in [0.5, 0.6) is 0 Å². The van der Waals surface area contributed by atoms with Crippen molar-refractivity contribution in [1.82, 2.24) is 10.3 Å². The molecule has 4 rings (SSSR count). The Morgan fingerprint density at radius 2 is 1.93 bits per heavy atom. The van der Waals surface area contributed by atoms with Crippen LogP contribution in [0.15, 0.2) is 48.7 Å². The minimum absolute atomic E-state index is 0.0514. The second-order valence-corrected chi connectivity index (χ2v) is 8.38. The molecule has 1 aliphatic carbocycles. The van der Waals surface area contributed by atoms with E-state index < -0.39 is 4.92 Å². The fourth-order valence-electron chi connectivity index (χ4n) is 4.44. The molecule has 0 unspecified atom stereocenters. The number of benzene rings is 2. The summed E-state index contributed by atoms with van der Waals surface area (Å²) in [5.41, 5.74) is 2.71. The molecule has 1 fully saturated rings. The summed E-state index contributed by atoms with van der Waals surface area (Å²) in [6, 6.07) is 11.6. The number of aromatic nitrogens is 1. The fourth-order valence-corrected chi connectivity index (χ4v) is 4.61. The number of nitro benzene ring substituents is 1. The van der Waals surface area contributed by atoms with E-state index in [1.807, 2.05) is 12.3 Å². The van der Waals surface area contributed by atoms with Gasteiger partial charge in [-0.15, -0.1) is 0 Å². The lowest BCUT2D eigenvalue weighted by atomic mass is 9.78. The second kappa shape index (κ2) is 9.06. The van der Waals surface area contributed by atoms with Crippen molar-refractivity contribution in [3.05, 3.63) is 80.7 Å². The lowest BCUT2D eigenvalue weighted by Gasteiger charge is -2.29. The van der Waals surface area contributed by atoms with E-state index in [-0.39, 0.29) is 11.5 Å². The number of halogens is 2. The molecule has 1 aromatic heterocycles. The van der Waals surface area contributed by atoms with Gasteiger partial charge in [-0.05, 0) is 86.0 Å². The van der Waals surface area contributed by atoms with Gasteiger partial charge in [0.05, 0.1) is 10.4 Å². The molecule has 156 valence electrons. The zero-order valence-corrected chi connectivity index (χ0v) is 17.2. The predicted octanol–water partition coefficient (Wildman–Crippen LogP) is 6.00. The molecule has 1 N–H and O–H groups in total. The molecular weight excluding hydrogens is 405 g/mol. The van der Waals surface area contributed by atoms with E-state index in [0.717, 1.165) is 43.1 Å². The highest BCUT2D eigenvalue weighted by Crippen LogP contribution is 2.38. The summed E-state index contributed by atoms with van der Waals surface area (Å²) < 4.78 is 13.7. The number of pyridine rings is 1. The van der Waals surface area contributed by atoms with Gasteiger partial charge < -0.3 is 5.32 Å². The van der Waals surface area contributed by atoms with Gasteiger partial charge >= 0.3 is 0 Å². The van der Waals surface area contributed by atoms with Crippen LogP contribution < -0.4 is 5.32 Å². The molecule has 0 spiro atoms. The van der Waals surface area contributed by atoms with Crippen LogP contribution in [0.25, 0.3) is 10.9 Å². The third kappa shape index (κ3) is 4.60. The predicted molar refractivity (Wildman–Crippen MR) is 116 cm³/mol. The van der Waals surface area contributed by atoms with Gasteiger partial charge in [-0.1, -0.05) is 11.6 Å². The molecule has 0 atom stereocenters. The van der Waals surface area contributed by atoms with Crippen molar-refractivity contribution in [1.29, 1.82) is 0 Å². The van der Waals surface area contributed by atoms with Gasteiger partial charge in [-0.2, -0.15) is 0 Å². The molecule has 1 saturated carbocycles. The molecule has 30 heavy (non-hydrogen) atoms. The Morgan fingerprint density at radius 3 is 2.70 bits per heavy atom. The summed E-state index contributed by atoms with van der Waals surface area (Å²) in [6.45, 7) is 1.26. The van der Waals surface area contributed by atoms with Crippen LogP contribution >= 0.6 is 11.6 Å². The van der Waals surface area contributed by atoms with Crippen molar-refractivity contribution in [2.45, 2.75) is 38.1 Å². The van der Waals surface area contributed by atoms with Crippen LogP contribution in [-0.2, 0) is 6.54 Å². The van der Waals surface area contributed by atoms with E-state index in [4.69, 9.17) is 11.6 Å². The first kappa shape index (κ1) is 20.7. The van der Waals surface area contributed by atoms with E-state index in [1.165, 1.54) is 17.7 Å². The molecule has 2 aromatic carbocycles. The van der Waals surface area contributed by atoms with Crippen LogP contribution in [0, 0.1) is 21.8 Å². The Hall–Kier alpha value is -2.57. The number of nitro groups is 1. The summed E-state index contributed by atoms with van der Waals surface area (Å²) in [5, 5.41) is 15.9. The zero-order valence-electron chi connectivity index (χ0n) is 16.5. The molecule has 5 nitrogen and oxygen atoms in total. The quantitative estimate of drug-likeness (QED) is 0.387. The first-order valence-corrected chi connectivity index (χ1v) is 10.6. The van der Waals surface area contributed by atoms with Crippen LogP contribution in [0.1, 0.15) is 42.7 Å². The number of rotatable bonds is 6. The first-order valence-electron chi connectivity index (χ1n) is 10.2. The molecular formula is C23H23ClFN3O2. The number of fused-ring (bicyclic) bond motifs is 1. The summed E-state index contributed by atoms with van der Waals surface area (Å²) >= 11 is 5.88. The first-order chi connectivity index (χ1) is 14.5. The van der Waals surface area contributed by atoms with E-state index in [1.54, 1.807) is 24.3 Å². The van der Waals surface area contributed by atoms with Crippen molar-refractivity contribution in [3.63, 3.8) is 0 Å². The van der Waals surface area contributed by atoms with E-state index in [0.29, 0.717) is 29.0 Å². The molecule has 0 bridgehead atoms. The van der Waals surface area contributed by atoms with Gasteiger partial charge in [-0.25, -0.2) is 4.39 Å². The van der Waals surface area contributed by atoms with Gasteiger partial charge in [0.1, 0.15) is 5.82 Å². The average Bonchev–Trinajstić information content (AvgIpc) is 2.74. The maximum Gasteiger partial charge on any atom is 0.275 e. The minimum Gasteiger partial charge on any atom is -0.312 e. The fraction of sp³-hybridized carbons (Fsp3) is 0.348. The maximum atomic E-state index is 13.7. The van der Waals surface area contributed by atoms with Crippen LogP contribution in [0.3, 0.4) is 0 Å². The van der Waals surface area contributed by atoms with E-state index >= 15 is 0 Å². The van der Waals surface area contributed by atoms with Crippen molar-refractivity contribution < 1.29 is 9.31 Å². The zero-order chi connectivity index (χ0) is 21.1. The Labute approximate surface area is 179 Å². The van der Waals surface area contributed by atoms with Crippen LogP contribution in [0.4, 0.5) is 10.1 Å². The Balaban J connectivity index is 1.34. The highest BCUT2D eigenvalue weighted by atomic mass is 35.5. The SMILES string of the molecule is O=[N+]([O-])c1cc(Cl)ccc1CNCC1CCC(c2ccnc3ccc(F)cc23)CC1.